The normalized spacial score (nSPS) is 26.8. The number of aromatic amines is 1. The van der Waals surface area contributed by atoms with Crippen LogP contribution in [0.2, 0.25) is 0 Å². The molecule has 4 N–H and O–H groups in total. The number of nitrogens with zero attached hydrogens (tertiary/aromatic N) is 6. The number of carbonyl (C=O) groups excluding carboxylic acids is 1. The highest BCUT2D eigenvalue weighted by Gasteiger charge is 2.52. The van der Waals surface area contributed by atoms with Crippen LogP contribution in [0.15, 0.2) is 76.7 Å². The van der Waals surface area contributed by atoms with Crippen LogP contribution in [-0.2, 0) is 19.3 Å². The van der Waals surface area contributed by atoms with E-state index in [0.29, 0.717) is 61.3 Å². The number of aromatic nitrogens is 2. The maximum absolute atomic E-state index is 16.1. The Morgan fingerprint density at radius 2 is 1.83 bits per heavy atom. The number of nitro groups is 1. The first-order chi connectivity index (χ1) is 34.8. The summed E-state index contributed by atoms with van der Waals surface area (Å²) < 4.78 is 56.8. The lowest BCUT2D eigenvalue weighted by Crippen LogP contribution is -2.55. The van der Waals surface area contributed by atoms with Crippen LogP contribution in [0.5, 0.6) is 11.6 Å². The van der Waals surface area contributed by atoms with E-state index in [2.05, 4.69) is 63.1 Å². The predicted octanol–water partition coefficient (Wildman–Crippen LogP) is 7.06. The van der Waals surface area contributed by atoms with Gasteiger partial charge in [0, 0.05) is 68.0 Å². The first kappa shape index (κ1) is 45.8. The maximum Gasteiger partial charge on any atom is 0.297 e. The summed E-state index contributed by atoms with van der Waals surface area (Å²) in [6, 6.07) is 18.7. The molecule has 1 spiro atoms. The number of anilines is 4. The molecular weight excluding hydrogens is 939 g/mol. The van der Waals surface area contributed by atoms with Gasteiger partial charge in [0.05, 0.1) is 64.8 Å². The van der Waals surface area contributed by atoms with Crippen molar-refractivity contribution in [2.45, 2.75) is 117 Å². The zero-order chi connectivity index (χ0) is 49.2. The molecule has 72 heavy (non-hydrogen) atoms. The molecular formula is C53H61N9O9S. The highest BCUT2D eigenvalue weighted by Crippen LogP contribution is 2.56. The topological polar surface area (TPSA) is 211 Å². The Labute approximate surface area is 418 Å². The molecule has 378 valence electrons. The van der Waals surface area contributed by atoms with Crippen molar-refractivity contribution in [3.8, 4) is 11.6 Å². The van der Waals surface area contributed by atoms with Gasteiger partial charge in [0.25, 0.3) is 11.6 Å². The molecule has 19 heteroatoms. The van der Waals surface area contributed by atoms with Crippen molar-refractivity contribution in [3.63, 3.8) is 0 Å². The van der Waals surface area contributed by atoms with Crippen LogP contribution in [0.25, 0.3) is 11.0 Å². The number of primary amides is 1. The minimum atomic E-state index is -4.77. The molecule has 0 radical (unpaired) electrons. The number of nitrogens with one attached hydrogen (secondary N) is 2. The van der Waals surface area contributed by atoms with Crippen LogP contribution in [0.1, 0.15) is 92.2 Å². The molecule has 3 aromatic carbocycles. The molecule has 13 rings (SSSR count). The minimum absolute atomic E-state index is 0.0336. The molecule has 7 aliphatic heterocycles. The third kappa shape index (κ3) is 7.51. The Morgan fingerprint density at radius 3 is 2.60 bits per heavy atom. The van der Waals surface area contributed by atoms with Crippen LogP contribution in [-0.4, -0.2) is 135 Å². The van der Waals surface area contributed by atoms with E-state index >= 15 is 8.42 Å². The number of piperidine rings is 1. The smallest absolute Gasteiger partial charge is 0.297 e. The molecule has 1 aliphatic carbocycles. The van der Waals surface area contributed by atoms with E-state index in [1.807, 2.05) is 17.0 Å². The maximum atomic E-state index is 16.1. The molecule has 1 saturated carbocycles. The molecule has 6 atom stereocenters. The highest BCUT2D eigenvalue weighted by molar-refractivity contribution is 7.91. The van der Waals surface area contributed by atoms with Gasteiger partial charge in [-0.15, -0.1) is 0 Å². The molecule has 8 aliphatic rings. The highest BCUT2D eigenvalue weighted by atomic mass is 32.2. The third-order valence-corrected chi connectivity index (χ3v) is 19.1. The Hall–Kier alpha value is -5.99. The summed E-state index contributed by atoms with van der Waals surface area (Å²) in [7, 11) is -4.77. The van der Waals surface area contributed by atoms with Gasteiger partial charge in [-0.05, 0) is 98.2 Å². The van der Waals surface area contributed by atoms with Crippen molar-refractivity contribution < 1.29 is 37.1 Å². The summed E-state index contributed by atoms with van der Waals surface area (Å²) in [6.07, 6.45) is 8.51. The van der Waals surface area contributed by atoms with Gasteiger partial charge in [0.1, 0.15) is 28.9 Å². The van der Waals surface area contributed by atoms with Gasteiger partial charge < -0.3 is 44.8 Å². The number of likely N-dealkylation sites (tertiary alicyclic amines) is 2. The molecule has 9 heterocycles. The number of rotatable bonds is 11. The zero-order valence-corrected chi connectivity index (χ0v) is 41.4. The Kier molecular flexibility index (Phi) is 11.0. The molecule has 2 bridgehead atoms. The van der Waals surface area contributed by atoms with Crippen molar-refractivity contribution in [3.05, 3.63) is 93.7 Å². The monoisotopic (exact) mass is 999 g/mol. The lowest BCUT2D eigenvalue weighted by Gasteiger charge is -2.56. The lowest BCUT2D eigenvalue weighted by molar-refractivity contribution is -0.384. The van der Waals surface area contributed by atoms with E-state index < -0.39 is 38.5 Å². The number of hydrogen-bond acceptors (Lipinski definition) is 15. The number of morpholine rings is 1. The number of benzene rings is 3. The molecule has 1 amide bonds. The van der Waals surface area contributed by atoms with E-state index in [-0.39, 0.29) is 81.8 Å². The number of hydrogen-bond donors (Lipinski definition) is 3. The second-order valence-electron chi connectivity index (χ2n) is 21.8. The third-order valence-electron chi connectivity index (χ3n) is 17.3. The van der Waals surface area contributed by atoms with E-state index in [1.54, 1.807) is 18.3 Å². The number of ether oxygens (including phenoxy) is 4. The molecule has 5 aromatic rings. The average Bonchev–Trinajstić information content (AvgIpc) is 4.24. The van der Waals surface area contributed by atoms with E-state index in [9.17, 15) is 14.9 Å². The van der Waals surface area contributed by atoms with Gasteiger partial charge in [-0.2, -0.15) is 4.98 Å². The summed E-state index contributed by atoms with van der Waals surface area (Å²) >= 11 is 0. The number of carbonyl (C=O) groups is 1. The fraction of sp³-hybridized carbons (Fsp3) is 0.509. The fourth-order valence-corrected chi connectivity index (χ4v) is 15.4. The van der Waals surface area contributed by atoms with E-state index in [4.69, 9.17) is 29.7 Å². The molecule has 18 nitrogen and oxygen atoms in total. The largest absolute Gasteiger partial charge is 0.489 e. The van der Waals surface area contributed by atoms with Gasteiger partial charge >= 0.3 is 0 Å². The Bertz CT molecular complexity index is 3110. The second kappa shape index (κ2) is 17.3. The summed E-state index contributed by atoms with van der Waals surface area (Å²) in [4.78, 5) is 42.8. The fourth-order valence-electron chi connectivity index (χ4n) is 13.7. The van der Waals surface area contributed by atoms with Crippen molar-refractivity contribution in [1.82, 2.24) is 19.8 Å². The van der Waals surface area contributed by atoms with Gasteiger partial charge in [-0.1, -0.05) is 38.1 Å². The SMILES string of the molecule is CC(C)c1ccccc1[C@@H]1CCCN1C1CC2(CCN(c3ccc(C(N)=O)c(N4c5cc6cc[nH]c6nc5O[C@H]5COC[C@@H]54)c3S(=O)(=O)c3cc4c(c([N+](=O)[O-])c3)N[C@@H](CN3C[C@H]5C[C@@H]3CO5)CO4)CC2)C1. The van der Waals surface area contributed by atoms with Crippen LogP contribution >= 0.6 is 0 Å². The number of sulfone groups is 1. The summed E-state index contributed by atoms with van der Waals surface area (Å²) in [6.45, 7) is 9.31. The number of H-pyrrole nitrogens is 1. The van der Waals surface area contributed by atoms with Crippen molar-refractivity contribution in [2.24, 2.45) is 11.1 Å². The van der Waals surface area contributed by atoms with Crippen LogP contribution in [0, 0.1) is 15.5 Å². The van der Waals surface area contributed by atoms with Crippen molar-refractivity contribution in [1.29, 1.82) is 0 Å². The summed E-state index contributed by atoms with van der Waals surface area (Å²) in [5, 5.41) is 17.2. The zero-order valence-electron chi connectivity index (χ0n) is 40.6. The van der Waals surface area contributed by atoms with Gasteiger partial charge in [-0.3, -0.25) is 24.7 Å². The molecule has 6 fully saturated rings. The minimum Gasteiger partial charge on any atom is -0.489 e. The van der Waals surface area contributed by atoms with Gasteiger partial charge in [0.15, 0.2) is 11.4 Å². The first-order valence-electron chi connectivity index (χ1n) is 25.7. The summed E-state index contributed by atoms with van der Waals surface area (Å²) in [5.41, 5.74) is 10.4. The first-order valence-corrected chi connectivity index (χ1v) is 27.2. The number of nitro benzene ring substituents is 1. The average molecular weight is 1000 g/mol. The van der Waals surface area contributed by atoms with Gasteiger partial charge in [-0.25, -0.2) is 8.42 Å². The van der Waals surface area contributed by atoms with Crippen LogP contribution < -0.4 is 30.3 Å². The number of amides is 1. The van der Waals surface area contributed by atoms with Crippen LogP contribution in [0.3, 0.4) is 0 Å². The quantitative estimate of drug-likeness (QED) is 0.0894. The second-order valence-corrected chi connectivity index (χ2v) is 23.7. The van der Waals surface area contributed by atoms with Crippen molar-refractivity contribution >= 4 is 55.2 Å². The van der Waals surface area contributed by atoms with Crippen molar-refractivity contribution in [2.75, 3.05) is 74.3 Å². The molecule has 0 unspecified atom stereocenters. The standard InChI is InChI=1S/C53H61N9O9S/c1-30(2)37-6-3-4-7-38(37)40-8-5-15-60(40)34-22-53(23-34)12-16-58(17-13-53)41-10-9-39(50(54)63)48(61-43-18-31-11-14-55-51(31)57-52(43)71-46-29-68-28-44(46)61)49(41)72(66,67)36-20-42(62(64)65)47-45(21-36)70-26-32(56-47)24-59-25-35-19-33(59)27-69-35/h3-4,6-7,9-11,14,18,20-21,30,32-35,40,44,46,56H,5,8,12-13,15-17,19,22-29H2,1-2H3,(H2,54,63)(H,55,57)/t32-,33+,35+,40-,44-,46-/m0/s1. The number of nitrogens with two attached hydrogens (primary N) is 1. The van der Waals surface area contributed by atoms with Crippen LogP contribution in [0.4, 0.5) is 28.4 Å². The lowest BCUT2D eigenvalue weighted by atomic mass is 9.59. The summed E-state index contributed by atoms with van der Waals surface area (Å²) in [5.74, 6) is -0.0940. The Balaban J connectivity index is 0.883. The molecule has 5 saturated heterocycles. The molecule has 2 aromatic heterocycles. The number of fused-ring (bicyclic) bond motifs is 6. The Morgan fingerprint density at radius 1 is 1.00 bits per heavy atom. The number of pyridine rings is 1. The van der Waals surface area contributed by atoms with E-state index in [0.717, 1.165) is 63.1 Å². The predicted molar refractivity (Wildman–Crippen MR) is 270 cm³/mol. The van der Waals surface area contributed by atoms with Gasteiger partial charge in [0.2, 0.25) is 15.7 Å². The van der Waals surface area contributed by atoms with E-state index in [1.165, 1.54) is 23.6 Å².